The molecule has 1 atom stereocenters. The van der Waals surface area contributed by atoms with Gasteiger partial charge in [-0.25, -0.2) is 9.07 Å². The van der Waals surface area contributed by atoms with Gasteiger partial charge in [0.05, 0.1) is 27.4 Å². The normalized spacial score (nSPS) is 12.8. The van der Waals surface area contributed by atoms with E-state index in [0.717, 1.165) is 5.69 Å². The molecular weight excluding hydrogens is 296 g/mol. The van der Waals surface area contributed by atoms with Crippen molar-refractivity contribution in [2.24, 2.45) is 0 Å². The summed E-state index contributed by atoms with van der Waals surface area (Å²) in [5.41, 5.74) is 1.40. The number of hydrogen-bond acceptors (Lipinski definition) is 2. The predicted molar refractivity (Wildman–Crippen MR) is 63.7 cm³/mol. The van der Waals surface area contributed by atoms with Gasteiger partial charge in [0, 0.05) is 0 Å². The standard InChI is InChI=1S/C10H8BrClFN3/c1-6(11)9-5-16(15-14-9)10-3-2-7(13)4-8(10)12/h2-6H,1H3. The molecule has 0 aliphatic carbocycles. The highest BCUT2D eigenvalue weighted by molar-refractivity contribution is 9.09. The molecule has 84 valence electrons. The van der Waals surface area contributed by atoms with Crippen LogP contribution in [0.4, 0.5) is 4.39 Å². The molecule has 0 saturated heterocycles. The average molecular weight is 305 g/mol. The summed E-state index contributed by atoms with van der Waals surface area (Å²) >= 11 is 9.30. The van der Waals surface area contributed by atoms with Crippen molar-refractivity contribution in [3.05, 3.63) is 40.9 Å². The molecule has 0 aliphatic heterocycles. The Labute approximate surface area is 105 Å². The Morgan fingerprint density at radius 3 is 2.81 bits per heavy atom. The fourth-order valence-corrected chi connectivity index (χ4v) is 1.71. The van der Waals surface area contributed by atoms with E-state index in [1.807, 2.05) is 6.92 Å². The van der Waals surface area contributed by atoms with Crippen molar-refractivity contribution in [2.45, 2.75) is 11.8 Å². The Morgan fingerprint density at radius 2 is 2.25 bits per heavy atom. The van der Waals surface area contributed by atoms with Crippen molar-refractivity contribution < 1.29 is 4.39 Å². The zero-order chi connectivity index (χ0) is 11.7. The fourth-order valence-electron chi connectivity index (χ4n) is 1.24. The molecule has 0 radical (unpaired) electrons. The van der Waals surface area contributed by atoms with Crippen molar-refractivity contribution in [1.82, 2.24) is 15.0 Å². The number of alkyl halides is 1. The van der Waals surface area contributed by atoms with Crippen LogP contribution in [0.1, 0.15) is 17.4 Å². The van der Waals surface area contributed by atoms with Crippen LogP contribution in [-0.2, 0) is 0 Å². The monoisotopic (exact) mass is 303 g/mol. The number of benzene rings is 1. The molecule has 2 rings (SSSR count). The SMILES string of the molecule is CC(Br)c1cn(-c2ccc(F)cc2Cl)nn1. The maximum atomic E-state index is 12.9. The van der Waals surface area contributed by atoms with Crippen LogP contribution in [0.25, 0.3) is 5.69 Å². The molecule has 16 heavy (non-hydrogen) atoms. The summed E-state index contributed by atoms with van der Waals surface area (Å²) < 4.78 is 14.4. The fraction of sp³-hybridized carbons (Fsp3) is 0.200. The summed E-state index contributed by atoms with van der Waals surface area (Å²) in [5.74, 6) is -0.372. The third kappa shape index (κ3) is 2.25. The molecule has 0 saturated carbocycles. The van der Waals surface area contributed by atoms with E-state index < -0.39 is 0 Å². The maximum Gasteiger partial charge on any atom is 0.124 e. The Bertz CT molecular complexity index is 513. The van der Waals surface area contributed by atoms with Crippen LogP contribution in [0, 0.1) is 5.82 Å². The third-order valence-electron chi connectivity index (χ3n) is 2.08. The maximum absolute atomic E-state index is 12.9. The van der Waals surface area contributed by atoms with Gasteiger partial charge in [0.2, 0.25) is 0 Å². The van der Waals surface area contributed by atoms with E-state index in [1.54, 1.807) is 12.3 Å². The number of halogens is 3. The van der Waals surface area contributed by atoms with Crippen LogP contribution >= 0.6 is 27.5 Å². The zero-order valence-corrected chi connectivity index (χ0v) is 10.7. The van der Waals surface area contributed by atoms with Crippen molar-refractivity contribution in [3.63, 3.8) is 0 Å². The van der Waals surface area contributed by atoms with E-state index in [9.17, 15) is 4.39 Å². The molecule has 2 aromatic rings. The minimum Gasteiger partial charge on any atom is -0.219 e. The van der Waals surface area contributed by atoms with Crippen molar-refractivity contribution in [3.8, 4) is 5.69 Å². The smallest absolute Gasteiger partial charge is 0.124 e. The number of aromatic nitrogens is 3. The van der Waals surface area contributed by atoms with Gasteiger partial charge in [-0.05, 0) is 25.1 Å². The second-order valence-corrected chi connectivity index (χ2v) is 5.08. The quantitative estimate of drug-likeness (QED) is 0.795. The lowest BCUT2D eigenvalue weighted by molar-refractivity contribution is 0.627. The number of hydrogen-bond donors (Lipinski definition) is 0. The highest BCUT2D eigenvalue weighted by atomic mass is 79.9. The Kier molecular flexibility index (Phi) is 3.25. The van der Waals surface area contributed by atoms with Gasteiger partial charge >= 0.3 is 0 Å². The molecular formula is C10H8BrClFN3. The molecule has 0 spiro atoms. The first-order valence-electron chi connectivity index (χ1n) is 4.59. The van der Waals surface area contributed by atoms with Gasteiger partial charge in [0.1, 0.15) is 5.82 Å². The summed E-state index contributed by atoms with van der Waals surface area (Å²) in [4.78, 5) is 0.112. The summed E-state index contributed by atoms with van der Waals surface area (Å²) in [6.45, 7) is 1.95. The summed E-state index contributed by atoms with van der Waals surface area (Å²) in [5, 5.41) is 8.20. The summed E-state index contributed by atoms with van der Waals surface area (Å²) in [6, 6.07) is 4.14. The Balaban J connectivity index is 2.42. The van der Waals surface area contributed by atoms with Gasteiger partial charge in [0.15, 0.2) is 0 Å². The highest BCUT2D eigenvalue weighted by Crippen LogP contribution is 2.23. The van der Waals surface area contributed by atoms with E-state index in [4.69, 9.17) is 11.6 Å². The van der Waals surface area contributed by atoms with Crippen LogP contribution in [0.3, 0.4) is 0 Å². The first-order valence-corrected chi connectivity index (χ1v) is 5.89. The van der Waals surface area contributed by atoms with Crippen LogP contribution in [0.5, 0.6) is 0 Å². The third-order valence-corrected chi connectivity index (χ3v) is 2.85. The Hall–Kier alpha value is -0.940. The van der Waals surface area contributed by atoms with Gasteiger partial charge in [-0.2, -0.15) is 0 Å². The zero-order valence-electron chi connectivity index (χ0n) is 8.36. The first-order chi connectivity index (χ1) is 7.58. The van der Waals surface area contributed by atoms with Gasteiger partial charge in [-0.1, -0.05) is 32.7 Å². The lowest BCUT2D eigenvalue weighted by Crippen LogP contribution is -1.96. The molecule has 3 nitrogen and oxygen atoms in total. The molecule has 0 fully saturated rings. The molecule has 1 unspecified atom stereocenters. The highest BCUT2D eigenvalue weighted by Gasteiger charge is 2.10. The molecule has 6 heteroatoms. The lowest BCUT2D eigenvalue weighted by Gasteiger charge is -2.02. The molecule has 0 bridgehead atoms. The van der Waals surface area contributed by atoms with E-state index in [1.165, 1.54) is 16.8 Å². The predicted octanol–water partition coefficient (Wildman–Crippen LogP) is 3.52. The average Bonchev–Trinajstić information content (AvgIpc) is 2.66. The Morgan fingerprint density at radius 1 is 1.50 bits per heavy atom. The van der Waals surface area contributed by atoms with Crippen molar-refractivity contribution >= 4 is 27.5 Å². The number of rotatable bonds is 2. The van der Waals surface area contributed by atoms with E-state index in [0.29, 0.717) is 10.7 Å². The topological polar surface area (TPSA) is 30.7 Å². The van der Waals surface area contributed by atoms with E-state index >= 15 is 0 Å². The van der Waals surface area contributed by atoms with Gasteiger partial charge in [-0.15, -0.1) is 5.10 Å². The van der Waals surface area contributed by atoms with E-state index in [-0.39, 0.29) is 10.6 Å². The molecule has 1 aromatic heterocycles. The van der Waals surface area contributed by atoms with E-state index in [2.05, 4.69) is 26.2 Å². The lowest BCUT2D eigenvalue weighted by atomic mass is 10.3. The largest absolute Gasteiger partial charge is 0.219 e. The molecule has 0 amide bonds. The number of nitrogens with zero attached hydrogens (tertiary/aromatic N) is 3. The minimum absolute atomic E-state index is 0.112. The second kappa shape index (κ2) is 4.51. The van der Waals surface area contributed by atoms with Crippen LogP contribution in [0.15, 0.2) is 24.4 Å². The molecule has 1 aromatic carbocycles. The molecule has 1 heterocycles. The molecule has 0 N–H and O–H groups in total. The van der Waals surface area contributed by atoms with Gasteiger partial charge in [-0.3, -0.25) is 0 Å². The van der Waals surface area contributed by atoms with Crippen LogP contribution in [-0.4, -0.2) is 15.0 Å². The van der Waals surface area contributed by atoms with Gasteiger partial charge in [0.25, 0.3) is 0 Å². The van der Waals surface area contributed by atoms with Crippen molar-refractivity contribution in [1.29, 1.82) is 0 Å². The second-order valence-electron chi connectivity index (χ2n) is 3.30. The summed E-state index contributed by atoms with van der Waals surface area (Å²) in [6.07, 6.45) is 1.75. The van der Waals surface area contributed by atoms with Crippen LogP contribution in [0.2, 0.25) is 5.02 Å². The first kappa shape index (κ1) is 11.5. The summed E-state index contributed by atoms with van der Waals surface area (Å²) in [7, 11) is 0. The van der Waals surface area contributed by atoms with Crippen molar-refractivity contribution in [2.75, 3.05) is 0 Å². The minimum atomic E-state index is -0.372. The van der Waals surface area contributed by atoms with Crippen LogP contribution < -0.4 is 0 Å². The van der Waals surface area contributed by atoms with Gasteiger partial charge < -0.3 is 0 Å². The molecule has 0 aliphatic rings.